The summed E-state index contributed by atoms with van der Waals surface area (Å²) in [7, 11) is -0.292. The van der Waals surface area contributed by atoms with Gasteiger partial charge in [-0.25, -0.2) is 0 Å². The average molecular weight is 148 g/mol. The number of nitrogens with two attached hydrogens (primary N) is 2. The van der Waals surface area contributed by atoms with Crippen LogP contribution in [0.3, 0.4) is 0 Å². The average Bonchev–Trinajstić information content (AvgIpc) is 1.80. The third-order valence-corrected chi connectivity index (χ3v) is 2.42. The fourth-order valence-electron chi connectivity index (χ4n) is 0.565. The molecule has 9 heavy (non-hydrogen) atoms. The summed E-state index contributed by atoms with van der Waals surface area (Å²) in [5.41, 5.74) is 10.6. The molecule has 56 valence electrons. The van der Waals surface area contributed by atoms with E-state index in [4.69, 9.17) is 15.9 Å². The fraction of sp³-hybridized carbons (Fsp3) is 1.00. The quantitative estimate of drug-likeness (QED) is 0.303. The smallest absolute Gasteiger partial charge is 0.161 e. The van der Waals surface area contributed by atoms with Crippen molar-refractivity contribution in [2.45, 2.75) is 25.6 Å². The van der Waals surface area contributed by atoms with Crippen LogP contribution in [0.25, 0.3) is 0 Å². The van der Waals surface area contributed by atoms with Gasteiger partial charge in [0.15, 0.2) is 9.76 Å². The maximum Gasteiger partial charge on any atom is 0.161 e. The van der Waals surface area contributed by atoms with Gasteiger partial charge < -0.3 is 15.9 Å². The van der Waals surface area contributed by atoms with Gasteiger partial charge in [-0.15, -0.1) is 0 Å². The molecule has 0 aliphatic rings. The zero-order valence-electron chi connectivity index (χ0n) is 5.97. The van der Waals surface area contributed by atoms with Gasteiger partial charge in [0.25, 0.3) is 0 Å². The van der Waals surface area contributed by atoms with Gasteiger partial charge in [0.2, 0.25) is 0 Å². The lowest BCUT2D eigenvalue weighted by molar-refractivity contribution is 0.358. The molecule has 0 fully saturated rings. The Labute approximate surface area is 58.7 Å². The highest BCUT2D eigenvalue weighted by molar-refractivity contribution is 6.26. The molecule has 0 heterocycles. The first-order valence-corrected chi connectivity index (χ1v) is 4.94. The summed E-state index contributed by atoms with van der Waals surface area (Å²) >= 11 is 0. The molecule has 0 rings (SSSR count). The normalized spacial score (nSPS) is 12.0. The van der Waals surface area contributed by atoms with E-state index in [2.05, 4.69) is 0 Å². The van der Waals surface area contributed by atoms with Crippen LogP contribution < -0.4 is 11.5 Å². The largest absolute Gasteiger partial charge is 0.424 e. The highest BCUT2D eigenvalue weighted by Gasteiger charge is 1.93. The molecule has 0 spiro atoms. The molecule has 0 saturated heterocycles. The molecule has 0 aromatic rings. The van der Waals surface area contributed by atoms with Crippen LogP contribution in [0.5, 0.6) is 0 Å². The lowest BCUT2D eigenvalue weighted by Crippen LogP contribution is -2.30. The van der Waals surface area contributed by atoms with Crippen molar-refractivity contribution < 1.29 is 4.43 Å². The van der Waals surface area contributed by atoms with Gasteiger partial charge in [0.1, 0.15) is 0 Å². The maximum atomic E-state index is 5.32. The summed E-state index contributed by atoms with van der Waals surface area (Å²) < 4.78 is 5.21. The van der Waals surface area contributed by atoms with Crippen LogP contribution in [-0.4, -0.2) is 22.5 Å². The predicted molar refractivity (Wildman–Crippen MR) is 41.8 cm³/mol. The van der Waals surface area contributed by atoms with E-state index in [0.29, 0.717) is 0 Å². The maximum absolute atomic E-state index is 5.32. The molecule has 0 atom stereocenters. The van der Waals surface area contributed by atoms with Crippen LogP contribution in [0.4, 0.5) is 0 Å². The Morgan fingerprint density at radius 1 is 1.56 bits per heavy atom. The molecule has 0 aliphatic carbocycles. The highest BCUT2D eigenvalue weighted by Crippen LogP contribution is 1.88. The third kappa shape index (κ3) is 8.10. The summed E-state index contributed by atoms with van der Waals surface area (Å²) in [5, 5.41) is 0. The fourth-order valence-corrected chi connectivity index (χ4v) is 1.70. The molecule has 0 aromatic carbocycles. The predicted octanol–water partition coefficient (Wildman–Crippen LogP) is -0.841. The molecule has 4 N–H and O–H groups in total. The van der Waals surface area contributed by atoms with Crippen LogP contribution in [0.2, 0.25) is 6.04 Å². The Balaban J connectivity index is 2.75. The Hall–Kier alpha value is 0.0969. The van der Waals surface area contributed by atoms with Crippen molar-refractivity contribution >= 4 is 9.76 Å². The highest BCUT2D eigenvalue weighted by atomic mass is 28.2. The van der Waals surface area contributed by atoms with E-state index in [0.717, 1.165) is 19.1 Å². The van der Waals surface area contributed by atoms with Gasteiger partial charge in [-0.3, -0.25) is 0 Å². The van der Waals surface area contributed by atoms with E-state index >= 15 is 0 Å². The molecule has 0 saturated carbocycles. The third-order valence-electron chi connectivity index (χ3n) is 1.03. The van der Waals surface area contributed by atoms with Gasteiger partial charge in [-0.05, 0) is 19.4 Å². The topological polar surface area (TPSA) is 61.3 Å². The summed E-state index contributed by atoms with van der Waals surface area (Å²) in [6, 6.07) is 1.10. The minimum atomic E-state index is -0.292. The van der Waals surface area contributed by atoms with E-state index in [9.17, 15) is 0 Å². The van der Waals surface area contributed by atoms with Crippen molar-refractivity contribution in [3.8, 4) is 0 Å². The Kier molecular flexibility index (Phi) is 6.29. The van der Waals surface area contributed by atoms with Crippen molar-refractivity contribution in [1.29, 1.82) is 0 Å². The standard InChI is InChI=1S/C5H16N2OSi/c1-2-8-9-4-3-5(6)7/h5H,2-4,6-7,9H2,1H3. The molecule has 0 bridgehead atoms. The molecule has 0 radical (unpaired) electrons. The molecule has 3 nitrogen and oxygen atoms in total. The van der Waals surface area contributed by atoms with Crippen molar-refractivity contribution in [1.82, 2.24) is 0 Å². The molecular weight excluding hydrogens is 132 g/mol. The first-order chi connectivity index (χ1) is 4.27. The second-order valence-electron chi connectivity index (χ2n) is 2.00. The number of hydrogen-bond donors (Lipinski definition) is 2. The first kappa shape index (κ1) is 9.10. The van der Waals surface area contributed by atoms with E-state index in [1.165, 1.54) is 0 Å². The van der Waals surface area contributed by atoms with Crippen LogP contribution >= 0.6 is 0 Å². The van der Waals surface area contributed by atoms with Gasteiger partial charge in [-0.2, -0.15) is 0 Å². The first-order valence-electron chi connectivity index (χ1n) is 3.36. The molecule has 0 aliphatic heterocycles. The minimum Gasteiger partial charge on any atom is -0.424 e. The summed E-state index contributed by atoms with van der Waals surface area (Å²) in [6.45, 7) is 2.85. The van der Waals surface area contributed by atoms with E-state index in [1.807, 2.05) is 6.92 Å². The van der Waals surface area contributed by atoms with Gasteiger partial charge in [0.05, 0.1) is 6.17 Å². The van der Waals surface area contributed by atoms with Crippen LogP contribution in [0, 0.1) is 0 Å². The summed E-state index contributed by atoms with van der Waals surface area (Å²) in [5.74, 6) is 0. The van der Waals surface area contributed by atoms with Crippen molar-refractivity contribution in [3.63, 3.8) is 0 Å². The van der Waals surface area contributed by atoms with E-state index in [1.54, 1.807) is 0 Å². The lowest BCUT2D eigenvalue weighted by atomic mass is 10.4. The molecule has 0 aromatic heterocycles. The molecule has 0 unspecified atom stereocenters. The lowest BCUT2D eigenvalue weighted by Gasteiger charge is -2.02. The van der Waals surface area contributed by atoms with Crippen LogP contribution in [0.1, 0.15) is 13.3 Å². The van der Waals surface area contributed by atoms with Gasteiger partial charge in [0, 0.05) is 6.61 Å². The van der Waals surface area contributed by atoms with E-state index in [-0.39, 0.29) is 15.9 Å². The summed E-state index contributed by atoms with van der Waals surface area (Å²) in [4.78, 5) is 0. The zero-order chi connectivity index (χ0) is 7.11. The molecule has 4 heteroatoms. The van der Waals surface area contributed by atoms with Crippen LogP contribution in [-0.2, 0) is 4.43 Å². The molecular formula is C5H16N2OSi. The van der Waals surface area contributed by atoms with Crippen molar-refractivity contribution in [3.05, 3.63) is 0 Å². The second-order valence-corrected chi connectivity index (χ2v) is 3.53. The van der Waals surface area contributed by atoms with Gasteiger partial charge in [-0.1, -0.05) is 0 Å². The minimum absolute atomic E-state index is 0.141. The monoisotopic (exact) mass is 148 g/mol. The second kappa shape index (κ2) is 6.22. The number of hydrogen-bond acceptors (Lipinski definition) is 3. The van der Waals surface area contributed by atoms with Crippen molar-refractivity contribution in [2.75, 3.05) is 6.61 Å². The molecule has 0 amide bonds. The Morgan fingerprint density at radius 3 is 2.67 bits per heavy atom. The Morgan fingerprint density at radius 2 is 2.22 bits per heavy atom. The van der Waals surface area contributed by atoms with E-state index < -0.39 is 0 Å². The zero-order valence-corrected chi connectivity index (χ0v) is 7.38. The number of rotatable bonds is 5. The Bertz CT molecular complexity index is 60.9. The summed E-state index contributed by atoms with van der Waals surface area (Å²) in [6.07, 6.45) is 0.768. The van der Waals surface area contributed by atoms with Gasteiger partial charge >= 0.3 is 0 Å². The SMILES string of the molecule is CCO[SiH2]CCC(N)N. The van der Waals surface area contributed by atoms with Crippen LogP contribution in [0.15, 0.2) is 0 Å². The van der Waals surface area contributed by atoms with Crippen molar-refractivity contribution in [2.24, 2.45) is 11.5 Å².